The van der Waals surface area contributed by atoms with E-state index in [2.05, 4.69) is 19.8 Å². The van der Waals surface area contributed by atoms with Gasteiger partial charge in [-0.05, 0) is 25.0 Å². The first-order chi connectivity index (χ1) is 9.42. The normalized spacial score (nSPS) is 16.8. The third kappa shape index (κ3) is 1.93. The molecule has 1 aliphatic rings. The van der Waals surface area contributed by atoms with Crippen molar-refractivity contribution in [3.05, 3.63) is 30.1 Å². The molecule has 4 nitrogen and oxygen atoms in total. The summed E-state index contributed by atoms with van der Waals surface area (Å²) in [6.45, 7) is 0.588. The molecule has 4 rings (SSSR count). The van der Waals surface area contributed by atoms with Crippen LogP contribution in [0, 0.1) is 0 Å². The van der Waals surface area contributed by atoms with E-state index in [1.165, 1.54) is 37.2 Å². The van der Waals surface area contributed by atoms with Crippen LogP contribution in [0.1, 0.15) is 31.5 Å². The number of hydrogen-bond acceptors (Lipinski definition) is 4. The van der Waals surface area contributed by atoms with Gasteiger partial charge in [-0.15, -0.1) is 0 Å². The zero-order chi connectivity index (χ0) is 12.7. The third-order valence-corrected chi connectivity index (χ3v) is 4.51. The Kier molecular flexibility index (Phi) is 2.74. The van der Waals surface area contributed by atoms with Crippen molar-refractivity contribution in [1.82, 2.24) is 13.8 Å². The molecule has 0 spiro atoms. The molecule has 1 aliphatic carbocycles. The minimum atomic E-state index is 0.423. The van der Waals surface area contributed by atoms with E-state index in [4.69, 9.17) is 4.74 Å². The molecular formula is C14H15N3OS. The molecule has 19 heavy (non-hydrogen) atoms. The zero-order valence-corrected chi connectivity index (χ0v) is 11.4. The molecule has 0 unspecified atom stereocenters. The van der Waals surface area contributed by atoms with Crippen molar-refractivity contribution in [3.8, 4) is 0 Å². The second-order valence-electron chi connectivity index (χ2n) is 5.03. The summed E-state index contributed by atoms with van der Waals surface area (Å²) in [4.78, 5) is 5.53. The van der Waals surface area contributed by atoms with Gasteiger partial charge < -0.3 is 4.74 Å². The minimum absolute atomic E-state index is 0.423. The molecule has 0 aliphatic heterocycles. The van der Waals surface area contributed by atoms with E-state index in [-0.39, 0.29) is 0 Å². The Labute approximate surface area is 115 Å². The van der Waals surface area contributed by atoms with Gasteiger partial charge in [-0.2, -0.15) is 4.37 Å². The van der Waals surface area contributed by atoms with Gasteiger partial charge in [-0.25, -0.2) is 4.98 Å². The molecule has 0 atom stereocenters. The number of benzene rings is 1. The first-order valence-corrected chi connectivity index (χ1v) is 7.52. The number of ether oxygens (including phenoxy) is 1. The second-order valence-corrected chi connectivity index (χ2v) is 5.77. The number of fused-ring (bicyclic) bond motifs is 3. The Balaban J connectivity index is 1.68. The van der Waals surface area contributed by atoms with Crippen molar-refractivity contribution < 1.29 is 4.74 Å². The van der Waals surface area contributed by atoms with Gasteiger partial charge in [0.1, 0.15) is 6.61 Å². The van der Waals surface area contributed by atoms with Crippen LogP contribution < -0.4 is 0 Å². The van der Waals surface area contributed by atoms with E-state index in [0.717, 1.165) is 21.8 Å². The predicted octanol–water partition coefficient (Wildman–Crippen LogP) is 3.40. The number of rotatable bonds is 3. The highest BCUT2D eigenvalue weighted by Gasteiger charge is 2.17. The Bertz CT molecular complexity index is 712. The van der Waals surface area contributed by atoms with Gasteiger partial charge >= 0.3 is 0 Å². The maximum atomic E-state index is 5.97. The molecule has 0 saturated heterocycles. The lowest BCUT2D eigenvalue weighted by Crippen LogP contribution is -2.09. The van der Waals surface area contributed by atoms with Gasteiger partial charge in [-0.1, -0.05) is 25.0 Å². The third-order valence-electron chi connectivity index (χ3n) is 3.77. The molecule has 1 aromatic carbocycles. The molecule has 98 valence electrons. The average Bonchev–Trinajstić information content (AvgIpc) is 3.13. The van der Waals surface area contributed by atoms with E-state index in [1.54, 1.807) is 0 Å². The number of hydrogen-bond donors (Lipinski definition) is 0. The summed E-state index contributed by atoms with van der Waals surface area (Å²) in [5, 5.41) is 0. The maximum Gasteiger partial charge on any atom is 0.214 e. The van der Waals surface area contributed by atoms with Crippen LogP contribution in [0.3, 0.4) is 0 Å². The van der Waals surface area contributed by atoms with Crippen LogP contribution in [0.25, 0.3) is 16.0 Å². The van der Waals surface area contributed by atoms with Crippen molar-refractivity contribution in [1.29, 1.82) is 0 Å². The van der Waals surface area contributed by atoms with E-state index in [1.807, 2.05) is 18.2 Å². The van der Waals surface area contributed by atoms with Crippen LogP contribution >= 0.6 is 11.5 Å². The van der Waals surface area contributed by atoms with Crippen LogP contribution in [0.15, 0.2) is 24.3 Å². The van der Waals surface area contributed by atoms with Crippen LogP contribution in [0.2, 0.25) is 0 Å². The quantitative estimate of drug-likeness (QED) is 0.734. The molecule has 2 heterocycles. The van der Waals surface area contributed by atoms with E-state index in [0.29, 0.717) is 12.7 Å². The average molecular weight is 273 g/mol. The largest absolute Gasteiger partial charge is 0.370 e. The topological polar surface area (TPSA) is 39.4 Å². The summed E-state index contributed by atoms with van der Waals surface area (Å²) in [7, 11) is 0. The fourth-order valence-corrected chi connectivity index (χ4v) is 3.53. The monoisotopic (exact) mass is 273 g/mol. The molecule has 0 radical (unpaired) electrons. The SMILES string of the molecule is c1ccc2c(c1)nc1snc(COC3CCCC3)n12. The summed E-state index contributed by atoms with van der Waals surface area (Å²) >= 11 is 1.44. The minimum Gasteiger partial charge on any atom is -0.370 e. The zero-order valence-electron chi connectivity index (χ0n) is 10.6. The molecule has 0 bridgehead atoms. The predicted molar refractivity (Wildman–Crippen MR) is 75.4 cm³/mol. The molecule has 1 saturated carbocycles. The van der Waals surface area contributed by atoms with Crippen molar-refractivity contribution >= 4 is 27.5 Å². The first kappa shape index (κ1) is 11.4. The van der Waals surface area contributed by atoms with E-state index in [9.17, 15) is 0 Å². The Morgan fingerprint density at radius 3 is 3.00 bits per heavy atom. The number of nitrogens with zero attached hydrogens (tertiary/aromatic N) is 3. The summed E-state index contributed by atoms with van der Waals surface area (Å²) in [6, 6.07) is 8.18. The highest BCUT2D eigenvalue weighted by Crippen LogP contribution is 2.24. The number of para-hydroxylation sites is 2. The number of aromatic nitrogens is 3. The van der Waals surface area contributed by atoms with E-state index < -0.39 is 0 Å². The molecule has 3 aromatic rings. The molecular weight excluding hydrogens is 258 g/mol. The Morgan fingerprint density at radius 1 is 1.26 bits per heavy atom. The second kappa shape index (κ2) is 4.58. The molecule has 5 heteroatoms. The fourth-order valence-electron chi connectivity index (χ4n) is 2.79. The Hall–Kier alpha value is -1.46. The highest BCUT2D eigenvalue weighted by molar-refractivity contribution is 7.11. The first-order valence-electron chi connectivity index (χ1n) is 6.75. The summed E-state index contributed by atoms with van der Waals surface area (Å²) in [6.07, 6.45) is 5.40. The lowest BCUT2D eigenvalue weighted by atomic mass is 10.3. The van der Waals surface area contributed by atoms with Crippen LogP contribution in [0.5, 0.6) is 0 Å². The summed E-state index contributed by atoms with van der Waals surface area (Å²) in [5.41, 5.74) is 2.15. The van der Waals surface area contributed by atoms with Crippen LogP contribution in [0.4, 0.5) is 0 Å². The van der Waals surface area contributed by atoms with E-state index >= 15 is 0 Å². The molecule has 2 aromatic heterocycles. The van der Waals surface area contributed by atoms with Crippen molar-refractivity contribution in [2.24, 2.45) is 0 Å². The van der Waals surface area contributed by atoms with Gasteiger partial charge in [-0.3, -0.25) is 4.40 Å². The maximum absolute atomic E-state index is 5.97. The molecule has 1 fully saturated rings. The van der Waals surface area contributed by atoms with Gasteiger partial charge in [0.15, 0.2) is 5.82 Å². The summed E-state index contributed by atoms with van der Waals surface area (Å²) in [5.74, 6) is 0.973. The highest BCUT2D eigenvalue weighted by atomic mass is 32.1. The van der Waals surface area contributed by atoms with Crippen molar-refractivity contribution in [2.45, 2.75) is 38.4 Å². The fraction of sp³-hybridized carbons (Fsp3) is 0.429. The Morgan fingerprint density at radius 2 is 2.11 bits per heavy atom. The lowest BCUT2D eigenvalue weighted by Gasteiger charge is -2.09. The van der Waals surface area contributed by atoms with Gasteiger partial charge in [0.05, 0.1) is 17.1 Å². The van der Waals surface area contributed by atoms with Gasteiger partial charge in [0, 0.05) is 11.5 Å². The van der Waals surface area contributed by atoms with Gasteiger partial charge in [0.2, 0.25) is 4.96 Å². The molecule has 0 amide bonds. The van der Waals surface area contributed by atoms with Gasteiger partial charge in [0.25, 0.3) is 0 Å². The van der Waals surface area contributed by atoms with Crippen LogP contribution in [-0.2, 0) is 11.3 Å². The van der Waals surface area contributed by atoms with Crippen molar-refractivity contribution in [3.63, 3.8) is 0 Å². The lowest BCUT2D eigenvalue weighted by molar-refractivity contribution is 0.0418. The van der Waals surface area contributed by atoms with Crippen molar-refractivity contribution in [2.75, 3.05) is 0 Å². The standard InChI is InChI=1S/C14H15N3OS/c1-2-6-10(5-1)18-9-13-16-19-14-15-11-7-3-4-8-12(11)17(13)14/h3-4,7-8,10H,1-2,5-6,9H2. The van der Waals surface area contributed by atoms with Crippen LogP contribution in [-0.4, -0.2) is 19.9 Å². The summed E-state index contributed by atoms with van der Waals surface area (Å²) < 4.78 is 12.6. The number of imidazole rings is 1. The smallest absolute Gasteiger partial charge is 0.214 e. The molecule has 0 N–H and O–H groups in total.